The van der Waals surface area contributed by atoms with Gasteiger partial charge in [0, 0.05) is 18.3 Å². The van der Waals surface area contributed by atoms with Gasteiger partial charge < -0.3 is 14.2 Å². The lowest BCUT2D eigenvalue weighted by atomic mass is 10.1. The molecule has 2 heterocycles. The third-order valence-electron chi connectivity index (χ3n) is 4.39. The van der Waals surface area contributed by atoms with Crippen LogP contribution in [-0.4, -0.2) is 60.3 Å². The fourth-order valence-corrected chi connectivity index (χ4v) is 4.06. The highest BCUT2D eigenvalue weighted by Gasteiger charge is 2.51. The van der Waals surface area contributed by atoms with E-state index in [2.05, 4.69) is 30.4 Å². The topological polar surface area (TPSA) is 162 Å². The number of benzene rings is 1. The lowest BCUT2D eigenvalue weighted by Crippen LogP contribution is -2.41. The van der Waals surface area contributed by atoms with Crippen molar-refractivity contribution in [2.75, 3.05) is 6.61 Å². The Balaban J connectivity index is 2.10. The van der Waals surface area contributed by atoms with Crippen molar-refractivity contribution in [3.63, 3.8) is 0 Å². The van der Waals surface area contributed by atoms with Gasteiger partial charge in [-0.15, -0.1) is 5.10 Å². The number of fused-ring (bicyclic) bond motifs is 1. The monoisotopic (exact) mass is 560 g/mol. The van der Waals surface area contributed by atoms with E-state index in [1.807, 2.05) is 0 Å². The lowest BCUT2D eigenvalue weighted by molar-refractivity contribution is -0.165. The number of nitrogens with zero attached hydrogens (tertiary/aromatic N) is 3. The summed E-state index contributed by atoms with van der Waals surface area (Å²) in [4.78, 5) is 23.3. The van der Waals surface area contributed by atoms with Crippen LogP contribution in [0.3, 0.4) is 0 Å². The molecule has 4 atom stereocenters. The Kier molecular flexibility index (Phi) is 6.99. The molecule has 1 fully saturated rings. The zero-order chi connectivity index (χ0) is 24.7. The molecule has 33 heavy (non-hydrogen) atoms. The minimum Gasteiger partial charge on any atom is -0.456 e. The summed E-state index contributed by atoms with van der Waals surface area (Å²) in [6, 6.07) is 1.56. The lowest BCUT2D eigenvalue weighted by Gasteiger charge is -2.23. The first kappa shape index (κ1) is 25.3. The van der Waals surface area contributed by atoms with Crippen LogP contribution < -0.4 is 5.14 Å². The minimum atomic E-state index is -4.70. The van der Waals surface area contributed by atoms with Crippen molar-refractivity contribution < 1.29 is 49.6 Å². The summed E-state index contributed by atoms with van der Waals surface area (Å²) in [6.07, 6.45) is -10.4. The molecule has 1 aliphatic heterocycles. The number of hydrogen-bond donors (Lipinski definition) is 1. The van der Waals surface area contributed by atoms with Gasteiger partial charge in [-0.05, 0) is 28.1 Å². The van der Waals surface area contributed by atoms with Gasteiger partial charge in [-0.3, -0.25) is 13.8 Å². The summed E-state index contributed by atoms with van der Waals surface area (Å²) < 4.78 is 83.8. The van der Waals surface area contributed by atoms with Crippen LogP contribution in [0.15, 0.2) is 16.6 Å². The number of rotatable bonds is 6. The number of alkyl halides is 3. The van der Waals surface area contributed by atoms with E-state index in [4.69, 9.17) is 19.3 Å². The largest absolute Gasteiger partial charge is 0.456 e. The van der Waals surface area contributed by atoms with Crippen LogP contribution in [0.5, 0.6) is 0 Å². The molecule has 182 valence electrons. The maximum Gasteiger partial charge on any atom is 0.416 e. The number of halogens is 4. The summed E-state index contributed by atoms with van der Waals surface area (Å²) in [5.74, 6) is -1.69. The van der Waals surface area contributed by atoms with Crippen LogP contribution in [0, 0.1) is 0 Å². The molecular weight excluding hydrogens is 545 g/mol. The summed E-state index contributed by atoms with van der Waals surface area (Å²) in [5.41, 5.74) is -1.16. The number of aromatic nitrogens is 3. The Morgan fingerprint density at radius 1 is 1.21 bits per heavy atom. The molecule has 0 bridgehead atoms. The number of hydrogen-bond acceptors (Lipinski definition) is 10. The first-order valence-electron chi connectivity index (χ1n) is 8.96. The second kappa shape index (κ2) is 9.13. The molecule has 0 saturated carbocycles. The molecular formula is C16H16BrF3N4O8S. The summed E-state index contributed by atoms with van der Waals surface area (Å²) >= 11 is 3.01. The molecule has 0 radical (unpaired) electrons. The van der Waals surface area contributed by atoms with Crippen molar-refractivity contribution in [2.45, 2.75) is 44.6 Å². The summed E-state index contributed by atoms with van der Waals surface area (Å²) in [6.45, 7) is 1.32. The van der Waals surface area contributed by atoms with E-state index in [1.165, 1.54) is 0 Å². The van der Waals surface area contributed by atoms with Gasteiger partial charge in [-0.2, -0.15) is 21.6 Å². The molecule has 0 aliphatic carbocycles. The third kappa shape index (κ3) is 5.78. The molecule has 0 spiro atoms. The zero-order valence-corrected chi connectivity index (χ0v) is 19.2. The van der Waals surface area contributed by atoms with Crippen molar-refractivity contribution in [2.24, 2.45) is 5.14 Å². The first-order chi connectivity index (χ1) is 15.2. The maximum absolute atomic E-state index is 13.3. The standard InChI is InChI=1S/C16H16BrF3N4O8S/c1-6(25)30-13-11(5-29-33(21,27)28)32-15(14(13)31-7(2)26)24-10-4-8(16(18,19)20)3-9(17)12(10)22-23-24/h3-4,11,13-15H,5H2,1-2H3,(H2,21,27,28)/t11-,13-,14-,15-/m1/s1. The highest BCUT2D eigenvalue weighted by atomic mass is 79.9. The van der Waals surface area contributed by atoms with E-state index in [9.17, 15) is 31.2 Å². The smallest absolute Gasteiger partial charge is 0.416 e. The van der Waals surface area contributed by atoms with Gasteiger partial charge in [-0.25, -0.2) is 9.82 Å². The van der Waals surface area contributed by atoms with E-state index in [1.54, 1.807) is 0 Å². The van der Waals surface area contributed by atoms with Crippen molar-refractivity contribution in [3.05, 3.63) is 22.2 Å². The van der Waals surface area contributed by atoms with Gasteiger partial charge in [0.15, 0.2) is 18.4 Å². The Labute approximate surface area is 192 Å². The molecule has 12 nitrogen and oxygen atoms in total. The van der Waals surface area contributed by atoms with Crippen LogP contribution >= 0.6 is 15.9 Å². The molecule has 1 aromatic heterocycles. The van der Waals surface area contributed by atoms with E-state index >= 15 is 0 Å². The molecule has 2 N–H and O–H groups in total. The number of nitrogens with two attached hydrogens (primary N) is 1. The third-order valence-corrected chi connectivity index (χ3v) is 5.45. The second-order valence-electron chi connectivity index (χ2n) is 6.85. The molecule has 2 aromatic rings. The Morgan fingerprint density at radius 3 is 2.36 bits per heavy atom. The normalized spacial score (nSPS) is 23.6. The van der Waals surface area contributed by atoms with E-state index in [-0.39, 0.29) is 15.5 Å². The zero-order valence-electron chi connectivity index (χ0n) is 16.8. The molecule has 0 amide bonds. The number of carbonyl (C=O) groups excluding carboxylic acids is 2. The molecule has 0 unspecified atom stereocenters. The number of ether oxygens (including phenoxy) is 3. The van der Waals surface area contributed by atoms with E-state index in [0.717, 1.165) is 30.7 Å². The predicted octanol–water partition coefficient (Wildman–Crippen LogP) is 1.19. The van der Waals surface area contributed by atoms with Gasteiger partial charge in [0.1, 0.15) is 11.6 Å². The molecule has 1 saturated heterocycles. The predicted molar refractivity (Wildman–Crippen MR) is 104 cm³/mol. The Bertz CT molecular complexity index is 1190. The quantitative estimate of drug-likeness (QED) is 0.507. The number of esters is 2. The van der Waals surface area contributed by atoms with Crippen LogP contribution in [-0.2, 0) is 44.5 Å². The summed E-state index contributed by atoms with van der Waals surface area (Å²) in [5, 5.41) is 12.4. The Morgan fingerprint density at radius 2 is 1.82 bits per heavy atom. The highest BCUT2D eigenvalue weighted by Crippen LogP contribution is 2.39. The first-order valence-corrected chi connectivity index (χ1v) is 11.2. The SMILES string of the molecule is CC(=O)O[C@@H]1[C@H](OC(C)=O)[C@@H](COS(N)(=O)=O)O[C@H]1n1nnc2c(Br)cc(C(F)(F)F)cc21. The van der Waals surface area contributed by atoms with Crippen molar-refractivity contribution in [3.8, 4) is 0 Å². The van der Waals surface area contributed by atoms with Gasteiger partial charge in [0.25, 0.3) is 0 Å². The van der Waals surface area contributed by atoms with Crippen LogP contribution in [0.1, 0.15) is 25.6 Å². The summed E-state index contributed by atoms with van der Waals surface area (Å²) in [7, 11) is -4.43. The molecule has 1 aliphatic rings. The van der Waals surface area contributed by atoms with Gasteiger partial charge >= 0.3 is 28.4 Å². The molecule has 3 rings (SSSR count). The van der Waals surface area contributed by atoms with Gasteiger partial charge in [0.2, 0.25) is 0 Å². The average Bonchev–Trinajstić information content (AvgIpc) is 3.20. The maximum atomic E-state index is 13.3. The van der Waals surface area contributed by atoms with Crippen molar-refractivity contribution in [1.29, 1.82) is 0 Å². The Hall–Kier alpha value is -2.34. The minimum absolute atomic E-state index is 0.0220. The fourth-order valence-electron chi connectivity index (χ4n) is 3.20. The molecule has 1 aromatic carbocycles. The second-order valence-corrected chi connectivity index (χ2v) is 8.92. The van der Waals surface area contributed by atoms with E-state index in [0.29, 0.717) is 0 Å². The van der Waals surface area contributed by atoms with Crippen LogP contribution in [0.4, 0.5) is 13.2 Å². The fraction of sp³-hybridized carbons (Fsp3) is 0.500. The van der Waals surface area contributed by atoms with Crippen LogP contribution in [0.2, 0.25) is 0 Å². The van der Waals surface area contributed by atoms with Gasteiger partial charge in [-0.1, -0.05) is 5.21 Å². The highest BCUT2D eigenvalue weighted by molar-refractivity contribution is 9.10. The van der Waals surface area contributed by atoms with Gasteiger partial charge in [0.05, 0.1) is 17.7 Å². The number of carbonyl (C=O) groups is 2. The van der Waals surface area contributed by atoms with Crippen LogP contribution in [0.25, 0.3) is 11.0 Å². The average molecular weight is 561 g/mol. The van der Waals surface area contributed by atoms with Crippen molar-refractivity contribution >= 4 is 49.2 Å². The molecule has 17 heteroatoms. The van der Waals surface area contributed by atoms with E-state index < -0.39 is 65.1 Å². The van der Waals surface area contributed by atoms with Crippen molar-refractivity contribution in [1.82, 2.24) is 15.0 Å².